The Labute approximate surface area is 225 Å². The summed E-state index contributed by atoms with van der Waals surface area (Å²) >= 11 is 1.63. The van der Waals surface area contributed by atoms with Gasteiger partial charge in [0.2, 0.25) is 5.91 Å². The van der Waals surface area contributed by atoms with Gasteiger partial charge in [0.05, 0.1) is 6.61 Å². The zero-order chi connectivity index (χ0) is 27.5. The molecular formula is C30H39NO5S. The van der Waals surface area contributed by atoms with Crippen molar-refractivity contribution in [1.29, 1.82) is 0 Å². The van der Waals surface area contributed by atoms with Crippen LogP contribution in [0, 0.1) is 25.7 Å². The highest BCUT2D eigenvalue weighted by molar-refractivity contribution is 7.98. The molecule has 1 amide bonds. The summed E-state index contributed by atoms with van der Waals surface area (Å²) in [5.41, 5.74) is 2.27. The van der Waals surface area contributed by atoms with Gasteiger partial charge in [-0.1, -0.05) is 38.1 Å². The van der Waals surface area contributed by atoms with Crippen LogP contribution >= 0.6 is 11.8 Å². The van der Waals surface area contributed by atoms with Crippen LogP contribution in [0.2, 0.25) is 0 Å². The predicted molar refractivity (Wildman–Crippen MR) is 147 cm³/mol. The molecular weight excluding hydrogens is 486 g/mol. The van der Waals surface area contributed by atoms with E-state index in [0.29, 0.717) is 24.4 Å². The van der Waals surface area contributed by atoms with Gasteiger partial charge in [0, 0.05) is 41.3 Å². The quantitative estimate of drug-likeness (QED) is 0.233. The number of carbonyl (C=O) groups excluding carboxylic acids is 3. The van der Waals surface area contributed by atoms with E-state index in [2.05, 4.69) is 0 Å². The largest absolute Gasteiger partial charge is 0.476 e. The summed E-state index contributed by atoms with van der Waals surface area (Å²) in [7, 11) is 0. The van der Waals surface area contributed by atoms with Crippen molar-refractivity contribution in [3.8, 4) is 5.75 Å². The minimum Gasteiger partial charge on any atom is -0.476 e. The Kier molecular flexibility index (Phi) is 9.11. The van der Waals surface area contributed by atoms with E-state index >= 15 is 0 Å². The number of aryl methyl sites for hydroxylation is 2. The smallest absolute Gasteiger partial charge is 0.349 e. The average molecular weight is 526 g/mol. The first-order valence-electron chi connectivity index (χ1n) is 12.8. The molecule has 0 N–H and O–H groups in total. The van der Waals surface area contributed by atoms with Crippen LogP contribution in [0.5, 0.6) is 5.75 Å². The van der Waals surface area contributed by atoms with Crippen molar-refractivity contribution in [2.75, 3.05) is 26.0 Å². The first-order chi connectivity index (χ1) is 17.4. The van der Waals surface area contributed by atoms with Gasteiger partial charge in [-0.25, -0.2) is 4.79 Å². The van der Waals surface area contributed by atoms with E-state index in [-0.39, 0.29) is 36.1 Å². The van der Waals surface area contributed by atoms with Crippen molar-refractivity contribution in [3.63, 3.8) is 0 Å². The Morgan fingerprint density at radius 1 is 1.05 bits per heavy atom. The molecule has 1 saturated heterocycles. The molecule has 1 aliphatic rings. The Morgan fingerprint density at radius 2 is 1.65 bits per heavy atom. The molecule has 6 nitrogen and oxygen atoms in total. The van der Waals surface area contributed by atoms with Gasteiger partial charge in [-0.15, -0.1) is 11.8 Å². The first-order valence-corrected chi connectivity index (χ1v) is 14.1. The molecule has 0 aliphatic carbocycles. The number of esters is 1. The predicted octanol–water partition coefficient (Wildman–Crippen LogP) is 5.83. The minimum atomic E-state index is -1.14. The Hall–Kier alpha value is -2.80. The third-order valence-corrected chi connectivity index (χ3v) is 7.62. The molecule has 0 saturated carbocycles. The van der Waals surface area contributed by atoms with Crippen molar-refractivity contribution in [1.82, 2.24) is 4.90 Å². The van der Waals surface area contributed by atoms with Gasteiger partial charge in [-0.2, -0.15) is 0 Å². The van der Waals surface area contributed by atoms with Crippen LogP contribution in [0.15, 0.2) is 41.3 Å². The molecule has 2 atom stereocenters. The highest BCUT2D eigenvalue weighted by atomic mass is 32.2. The number of ether oxygens (including phenoxy) is 2. The second-order valence-electron chi connectivity index (χ2n) is 10.5. The van der Waals surface area contributed by atoms with E-state index in [1.807, 2.05) is 75.2 Å². The molecule has 1 unspecified atom stereocenters. The van der Waals surface area contributed by atoms with E-state index in [1.165, 1.54) is 0 Å². The lowest BCUT2D eigenvalue weighted by Gasteiger charge is -2.27. The Morgan fingerprint density at radius 3 is 2.16 bits per heavy atom. The second kappa shape index (κ2) is 11.7. The maximum absolute atomic E-state index is 13.7. The van der Waals surface area contributed by atoms with Gasteiger partial charge in [0.25, 0.3) is 0 Å². The van der Waals surface area contributed by atoms with Crippen molar-refractivity contribution >= 4 is 29.4 Å². The lowest BCUT2D eigenvalue weighted by molar-refractivity contribution is -0.158. The topological polar surface area (TPSA) is 72.9 Å². The van der Waals surface area contributed by atoms with Gasteiger partial charge in [0.1, 0.15) is 5.75 Å². The number of carbonyl (C=O) groups is 3. The summed E-state index contributed by atoms with van der Waals surface area (Å²) < 4.78 is 11.3. The number of ketones is 1. The Balaban J connectivity index is 1.96. The summed E-state index contributed by atoms with van der Waals surface area (Å²) in [4.78, 5) is 41.9. The molecule has 0 bridgehead atoms. The molecule has 2 aromatic rings. The number of likely N-dealkylation sites (tertiary alicyclic amines) is 1. The molecule has 2 aromatic carbocycles. The van der Waals surface area contributed by atoms with Crippen LogP contribution in [-0.2, 0) is 14.3 Å². The molecule has 3 rings (SSSR count). The normalized spacial score (nSPS) is 17.7. The first kappa shape index (κ1) is 28.8. The fraction of sp³-hybridized carbons (Fsp3) is 0.500. The molecule has 0 spiro atoms. The van der Waals surface area contributed by atoms with Crippen LogP contribution in [0.1, 0.15) is 67.6 Å². The van der Waals surface area contributed by atoms with E-state index in [4.69, 9.17) is 9.47 Å². The maximum atomic E-state index is 13.7. The van der Waals surface area contributed by atoms with Crippen LogP contribution < -0.4 is 4.74 Å². The van der Waals surface area contributed by atoms with Gasteiger partial charge < -0.3 is 14.4 Å². The Bertz CT molecular complexity index is 1130. The number of thioether (sulfide) groups is 1. The molecule has 200 valence electrons. The molecule has 7 heteroatoms. The molecule has 37 heavy (non-hydrogen) atoms. The minimum absolute atomic E-state index is 0.0517. The van der Waals surface area contributed by atoms with Crippen LogP contribution in [-0.4, -0.2) is 54.1 Å². The van der Waals surface area contributed by atoms with Crippen molar-refractivity contribution in [2.24, 2.45) is 11.8 Å². The molecule has 0 aromatic heterocycles. The number of Topliss-reactive ketones (excluding diaryl/α,β-unsaturated/α-hetero) is 1. The maximum Gasteiger partial charge on any atom is 0.349 e. The number of amides is 1. The summed E-state index contributed by atoms with van der Waals surface area (Å²) in [6.45, 7) is 14.0. The molecule has 0 radical (unpaired) electrons. The monoisotopic (exact) mass is 525 g/mol. The van der Waals surface area contributed by atoms with Crippen LogP contribution in [0.25, 0.3) is 0 Å². The zero-order valence-corrected chi connectivity index (χ0v) is 24.0. The zero-order valence-electron chi connectivity index (χ0n) is 23.2. The highest BCUT2D eigenvalue weighted by Gasteiger charge is 2.41. The third kappa shape index (κ3) is 6.38. The molecule has 1 heterocycles. The van der Waals surface area contributed by atoms with Gasteiger partial charge in [-0.05, 0) is 69.7 Å². The van der Waals surface area contributed by atoms with Crippen molar-refractivity contribution in [3.05, 3.63) is 58.7 Å². The fourth-order valence-electron chi connectivity index (χ4n) is 4.88. The van der Waals surface area contributed by atoms with Crippen molar-refractivity contribution < 1.29 is 23.9 Å². The summed E-state index contributed by atoms with van der Waals surface area (Å²) in [5.74, 6) is -0.303. The summed E-state index contributed by atoms with van der Waals surface area (Å²) in [5, 5.41) is 0. The van der Waals surface area contributed by atoms with Crippen LogP contribution in [0.4, 0.5) is 0 Å². The number of hydrogen-bond donors (Lipinski definition) is 0. The lowest BCUT2D eigenvalue weighted by atomic mass is 9.82. The SMILES string of the molecule is CCOC(=O)C(C)(C)Oc1c(C)cc(C2CN(C(=O)C(C)C)C[C@@H]2C(=O)c2ccc(SC)cc2)cc1C. The van der Waals surface area contributed by atoms with E-state index < -0.39 is 11.6 Å². The molecule has 1 aliphatic heterocycles. The fourth-order valence-corrected chi connectivity index (χ4v) is 5.29. The van der Waals surface area contributed by atoms with E-state index in [1.54, 1.807) is 32.5 Å². The number of hydrogen-bond acceptors (Lipinski definition) is 6. The number of rotatable bonds is 9. The van der Waals surface area contributed by atoms with Gasteiger partial charge in [0.15, 0.2) is 11.4 Å². The summed E-state index contributed by atoms with van der Waals surface area (Å²) in [6, 6.07) is 11.7. The lowest BCUT2D eigenvalue weighted by Crippen LogP contribution is -2.40. The van der Waals surface area contributed by atoms with Crippen LogP contribution in [0.3, 0.4) is 0 Å². The number of nitrogens with zero attached hydrogens (tertiary/aromatic N) is 1. The average Bonchev–Trinajstić information content (AvgIpc) is 3.30. The van der Waals surface area contributed by atoms with E-state index in [9.17, 15) is 14.4 Å². The standard InChI is InChI=1S/C30H39NO5S/c1-9-35-29(34)30(6,7)36-27-19(4)14-22(15-20(27)5)24-16-31(28(33)18(2)3)17-25(24)26(32)21-10-12-23(37-8)13-11-21/h10-15,18,24-25H,9,16-17H2,1-8H3/t24?,25-/m0/s1. The van der Waals surface area contributed by atoms with Crippen molar-refractivity contribution in [2.45, 2.75) is 64.9 Å². The molecule has 1 fully saturated rings. The second-order valence-corrected chi connectivity index (χ2v) is 11.4. The highest BCUT2D eigenvalue weighted by Crippen LogP contribution is 2.39. The third-order valence-electron chi connectivity index (χ3n) is 6.87. The number of benzene rings is 2. The van der Waals surface area contributed by atoms with E-state index in [0.717, 1.165) is 21.6 Å². The summed E-state index contributed by atoms with van der Waals surface area (Å²) in [6.07, 6.45) is 2.01. The van der Waals surface area contributed by atoms with Gasteiger partial charge in [-0.3, -0.25) is 9.59 Å². The van der Waals surface area contributed by atoms with Gasteiger partial charge >= 0.3 is 5.97 Å².